The van der Waals surface area contributed by atoms with Crippen LogP contribution in [0.2, 0.25) is 0 Å². The van der Waals surface area contributed by atoms with Crippen molar-refractivity contribution >= 4 is 6.09 Å². The Morgan fingerprint density at radius 1 is 1.58 bits per heavy atom. The minimum Gasteiger partial charge on any atom is -0.444 e. The van der Waals surface area contributed by atoms with Gasteiger partial charge in [0, 0.05) is 7.05 Å². The van der Waals surface area contributed by atoms with Crippen LogP contribution < -0.4 is 0 Å². The predicted molar refractivity (Wildman–Crippen MR) is 43.7 cm³/mol. The lowest BCUT2D eigenvalue weighted by atomic mass is 10.2. The van der Waals surface area contributed by atoms with E-state index in [1.165, 1.54) is 4.90 Å². The van der Waals surface area contributed by atoms with Crippen molar-refractivity contribution in [3.8, 4) is 0 Å². The number of hydrogen-bond acceptors (Lipinski definition) is 3. The number of ether oxygens (including phenoxy) is 2. The molecule has 0 spiro atoms. The number of rotatable bonds is 1. The Kier molecular flexibility index (Phi) is 2.28. The van der Waals surface area contributed by atoms with E-state index in [1.807, 2.05) is 20.8 Å². The highest BCUT2D eigenvalue weighted by atomic mass is 16.6. The molecule has 4 nitrogen and oxygen atoms in total. The van der Waals surface area contributed by atoms with Gasteiger partial charge in [-0.1, -0.05) is 0 Å². The molecular formula is C8H15NO3. The monoisotopic (exact) mass is 173 g/mol. The van der Waals surface area contributed by atoms with E-state index in [1.54, 1.807) is 7.05 Å². The van der Waals surface area contributed by atoms with Crippen molar-refractivity contribution in [2.75, 3.05) is 13.7 Å². The number of carbonyl (C=O) groups excluding carboxylic acids is 1. The molecule has 0 radical (unpaired) electrons. The summed E-state index contributed by atoms with van der Waals surface area (Å²) in [5.41, 5.74) is -0.430. The summed E-state index contributed by atoms with van der Waals surface area (Å²) in [6, 6.07) is 0. The standard InChI is InChI=1S/C8H15NO3/c1-8(2,3)12-7(10)9(4)6-5-11-6/h6H,5H2,1-4H3/t6-/m1/s1. The third-order valence-corrected chi connectivity index (χ3v) is 1.43. The lowest BCUT2D eigenvalue weighted by molar-refractivity contribution is 0.0220. The molecule has 1 aliphatic heterocycles. The second kappa shape index (κ2) is 2.94. The summed E-state index contributed by atoms with van der Waals surface area (Å²) in [7, 11) is 1.67. The van der Waals surface area contributed by atoms with Gasteiger partial charge >= 0.3 is 6.09 Å². The molecule has 0 aliphatic carbocycles. The predicted octanol–water partition coefficient (Wildman–Crippen LogP) is 1.21. The average Bonchev–Trinajstić information content (AvgIpc) is 2.62. The molecule has 0 N–H and O–H groups in total. The van der Waals surface area contributed by atoms with E-state index in [2.05, 4.69) is 0 Å². The van der Waals surface area contributed by atoms with Crippen LogP contribution in [0.15, 0.2) is 0 Å². The smallest absolute Gasteiger partial charge is 0.412 e. The Morgan fingerprint density at radius 3 is 2.42 bits per heavy atom. The first kappa shape index (κ1) is 9.32. The second-order valence-electron chi connectivity index (χ2n) is 3.88. The van der Waals surface area contributed by atoms with Gasteiger partial charge in [0.1, 0.15) is 5.60 Å². The zero-order valence-corrected chi connectivity index (χ0v) is 7.96. The first-order chi connectivity index (χ1) is 5.40. The molecular weight excluding hydrogens is 158 g/mol. The number of nitrogens with zero attached hydrogens (tertiary/aromatic N) is 1. The summed E-state index contributed by atoms with van der Waals surface area (Å²) < 4.78 is 10.0. The molecule has 0 aromatic heterocycles. The van der Waals surface area contributed by atoms with Crippen LogP contribution in [0.25, 0.3) is 0 Å². The van der Waals surface area contributed by atoms with Crippen molar-refractivity contribution in [3.63, 3.8) is 0 Å². The lowest BCUT2D eigenvalue weighted by Gasteiger charge is -2.23. The van der Waals surface area contributed by atoms with Crippen molar-refractivity contribution < 1.29 is 14.3 Å². The molecule has 1 saturated heterocycles. The van der Waals surface area contributed by atoms with E-state index in [9.17, 15) is 4.79 Å². The van der Waals surface area contributed by atoms with Gasteiger partial charge in [0.15, 0.2) is 6.23 Å². The third kappa shape index (κ3) is 2.70. The Labute approximate surface area is 72.4 Å². The van der Waals surface area contributed by atoms with Gasteiger partial charge in [-0.15, -0.1) is 0 Å². The van der Waals surface area contributed by atoms with Gasteiger partial charge in [0.05, 0.1) is 6.61 Å². The average molecular weight is 173 g/mol. The number of amides is 1. The Bertz CT molecular complexity index is 181. The quantitative estimate of drug-likeness (QED) is 0.560. The zero-order chi connectivity index (χ0) is 9.35. The molecule has 1 fully saturated rings. The number of likely N-dealkylation sites (N-methyl/N-ethyl adjacent to an activating group) is 1. The molecule has 1 rings (SSSR count). The van der Waals surface area contributed by atoms with Gasteiger partial charge in [-0.2, -0.15) is 0 Å². The van der Waals surface area contributed by atoms with E-state index >= 15 is 0 Å². The van der Waals surface area contributed by atoms with E-state index in [4.69, 9.17) is 9.47 Å². The molecule has 0 saturated carbocycles. The second-order valence-corrected chi connectivity index (χ2v) is 3.88. The fourth-order valence-electron chi connectivity index (χ4n) is 0.718. The number of epoxide rings is 1. The summed E-state index contributed by atoms with van der Waals surface area (Å²) >= 11 is 0. The Balaban J connectivity index is 2.36. The molecule has 4 heteroatoms. The van der Waals surface area contributed by atoms with Crippen LogP contribution in [0.3, 0.4) is 0 Å². The van der Waals surface area contributed by atoms with Crippen molar-refractivity contribution in [1.29, 1.82) is 0 Å². The molecule has 1 amide bonds. The van der Waals surface area contributed by atoms with Crippen LogP contribution in [0.1, 0.15) is 20.8 Å². The maximum Gasteiger partial charge on any atom is 0.412 e. The fraction of sp³-hybridized carbons (Fsp3) is 0.875. The highest BCUT2D eigenvalue weighted by molar-refractivity contribution is 5.68. The summed E-state index contributed by atoms with van der Waals surface area (Å²) in [6.07, 6.45) is -0.398. The number of carbonyl (C=O) groups is 1. The van der Waals surface area contributed by atoms with Crippen LogP contribution in [-0.4, -0.2) is 36.5 Å². The van der Waals surface area contributed by atoms with Crippen LogP contribution in [-0.2, 0) is 9.47 Å². The molecule has 70 valence electrons. The van der Waals surface area contributed by atoms with Crippen LogP contribution in [0, 0.1) is 0 Å². The lowest BCUT2D eigenvalue weighted by Crippen LogP contribution is -2.35. The van der Waals surface area contributed by atoms with Gasteiger partial charge in [-0.05, 0) is 20.8 Å². The normalized spacial score (nSPS) is 21.8. The zero-order valence-electron chi connectivity index (χ0n) is 7.96. The summed E-state index contributed by atoms with van der Waals surface area (Å²) in [5, 5.41) is 0. The molecule has 0 unspecified atom stereocenters. The summed E-state index contributed by atoms with van der Waals surface area (Å²) in [6.45, 7) is 6.14. The highest BCUT2D eigenvalue weighted by Crippen LogP contribution is 2.16. The van der Waals surface area contributed by atoms with Gasteiger partial charge in [0.2, 0.25) is 0 Å². The summed E-state index contributed by atoms with van der Waals surface area (Å²) in [4.78, 5) is 12.7. The van der Waals surface area contributed by atoms with E-state index in [-0.39, 0.29) is 12.3 Å². The first-order valence-electron chi connectivity index (χ1n) is 3.97. The molecule has 1 atom stereocenters. The molecule has 1 aliphatic rings. The molecule has 0 bridgehead atoms. The Morgan fingerprint density at radius 2 is 2.08 bits per heavy atom. The van der Waals surface area contributed by atoms with Gasteiger partial charge < -0.3 is 9.47 Å². The topological polar surface area (TPSA) is 42.1 Å². The molecule has 12 heavy (non-hydrogen) atoms. The van der Waals surface area contributed by atoms with Crippen molar-refractivity contribution in [2.24, 2.45) is 0 Å². The van der Waals surface area contributed by atoms with Crippen molar-refractivity contribution in [3.05, 3.63) is 0 Å². The van der Waals surface area contributed by atoms with Crippen LogP contribution >= 0.6 is 0 Å². The molecule has 0 aromatic rings. The van der Waals surface area contributed by atoms with E-state index in [0.717, 1.165) is 0 Å². The van der Waals surface area contributed by atoms with Gasteiger partial charge in [-0.25, -0.2) is 4.79 Å². The first-order valence-corrected chi connectivity index (χ1v) is 3.97. The molecule has 1 heterocycles. The minimum absolute atomic E-state index is 0.0696. The molecule has 0 aromatic carbocycles. The maximum atomic E-state index is 11.3. The van der Waals surface area contributed by atoms with E-state index < -0.39 is 5.60 Å². The largest absolute Gasteiger partial charge is 0.444 e. The van der Waals surface area contributed by atoms with Crippen LogP contribution in [0.5, 0.6) is 0 Å². The SMILES string of the molecule is CN(C(=O)OC(C)(C)C)[C@H]1CO1. The minimum atomic E-state index is -0.430. The van der Waals surface area contributed by atoms with Crippen molar-refractivity contribution in [2.45, 2.75) is 32.6 Å². The van der Waals surface area contributed by atoms with Crippen LogP contribution in [0.4, 0.5) is 4.79 Å². The van der Waals surface area contributed by atoms with Gasteiger partial charge in [0.25, 0.3) is 0 Å². The fourth-order valence-corrected chi connectivity index (χ4v) is 0.718. The van der Waals surface area contributed by atoms with Gasteiger partial charge in [-0.3, -0.25) is 4.90 Å². The Hall–Kier alpha value is -0.770. The summed E-state index contributed by atoms with van der Waals surface area (Å²) in [5.74, 6) is 0. The van der Waals surface area contributed by atoms with Crippen molar-refractivity contribution in [1.82, 2.24) is 4.90 Å². The highest BCUT2D eigenvalue weighted by Gasteiger charge is 2.33. The third-order valence-electron chi connectivity index (χ3n) is 1.43. The van der Waals surface area contributed by atoms with E-state index in [0.29, 0.717) is 6.61 Å². The maximum absolute atomic E-state index is 11.3. The number of hydrogen-bond donors (Lipinski definition) is 0.